The predicted molar refractivity (Wildman–Crippen MR) is 120 cm³/mol. The number of aldehydes is 1. The van der Waals surface area contributed by atoms with Gasteiger partial charge in [-0.15, -0.1) is 0 Å². The van der Waals surface area contributed by atoms with Gasteiger partial charge in [0.1, 0.15) is 23.3 Å². The Hall–Kier alpha value is -3.17. The quantitative estimate of drug-likeness (QED) is 0.434. The molecule has 0 bridgehead atoms. The van der Waals surface area contributed by atoms with E-state index in [4.69, 9.17) is 9.47 Å². The highest BCUT2D eigenvalue weighted by atomic mass is 32.2. The van der Waals surface area contributed by atoms with Crippen molar-refractivity contribution in [1.82, 2.24) is 14.1 Å². The minimum absolute atomic E-state index is 0.116. The number of aromatic nitrogens is 2. The number of hydrogen-bond donors (Lipinski definition) is 0. The van der Waals surface area contributed by atoms with Crippen molar-refractivity contribution in [1.29, 1.82) is 0 Å². The van der Waals surface area contributed by atoms with Gasteiger partial charge < -0.3 is 14.3 Å². The molecule has 0 saturated carbocycles. The fraction of sp³-hybridized carbons (Fsp3) is 0.304. The number of nitrogens with zero attached hydrogens (tertiary/aromatic N) is 3. The fourth-order valence-corrected chi connectivity index (χ4v) is 4.37. The lowest BCUT2D eigenvalue weighted by Crippen LogP contribution is -2.32. The van der Waals surface area contributed by atoms with Crippen LogP contribution in [0.4, 0.5) is 0 Å². The van der Waals surface area contributed by atoms with Crippen molar-refractivity contribution in [3.63, 3.8) is 0 Å². The average Bonchev–Trinajstić information content (AvgIpc) is 3.32. The topological polar surface area (TPSA) is 90.7 Å². The molecule has 0 fully saturated rings. The number of benzene rings is 2. The highest BCUT2D eigenvalue weighted by Gasteiger charge is 2.30. The molecule has 0 radical (unpaired) electrons. The molecular formula is C23H27N3O5S. The van der Waals surface area contributed by atoms with Crippen LogP contribution in [0, 0.1) is 0 Å². The summed E-state index contributed by atoms with van der Waals surface area (Å²) in [5.74, 6) is 1.38. The fourth-order valence-electron chi connectivity index (χ4n) is 3.05. The van der Waals surface area contributed by atoms with E-state index in [-0.39, 0.29) is 18.1 Å². The van der Waals surface area contributed by atoms with Crippen LogP contribution < -0.4 is 9.47 Å². The highest BCUT2D eigenvalue weighted by Crippen LogP contribution is 2.23. The van der Waals surface area contributed by atoms with E-state index in [0.29, 0.717) is 11.5 Å². The number of hydrogen-bond acceptors (Lipinski definition) is 6. The third-order valence-electron chi connectivity index (χ3n) is 5.08. The van der Waals surface area contributed by atoms with Gasteiger partial charge in [-0.25, -0.2) is 8.42 Å². The molecule has 8 nitrogen and oxygen atoms in total. The molecule has 1 heterocycles. The zero-order chi connectivity index (χ0) is 23.4. The lowest BCUT2D eigenvalue weighted by molar-refractivity contribution is -0.114. The second-order valence-corrected chi connectivity index (χ2v) is 9.72. The molecule has 3 aromatic rings. The summed E-state index contributed by atoms with van der Waals surface area (Å²) in [7, 11) is -0.802. The standard InChI is InChI=1S/C23H27N3O5S/c1-23(2,17-27)26-14-13-22(24-26)32(28,29)25(15-18-5-9-20(30-3)10-6-18)16-19-7-11-21(31-4)12-8-19/h5-14,17H,15-16H2,1-4H3. The Labute approximate surface area is 188 Å². The SMILES string of the molecule is COc1ccc(CN(Cc2ccc(OC)cc2)S(=O)(=O)c2ccn(C(C)(C)C=O)n2)cc1. The normalized spacial score (nSPS) is 12.0. The maximum atomic E-state index is 13.5. The van der Waals surface area contributed by atoms with Gasteiger partial charge in [0.05, 0.1) is 14.2 Å². The van der Waals surface area contributed by atoms with E-state index < -0.39 is 15.6 Å². The van der Waals surface area contributed by atoms with Crippen LogP contribution in [0.3, 0.4) is 0 Å². The maximum Gasteiger partial charge on any atom is 0.262 e. The number of rotatable bonds is 10. The van der Waals surface area contributed by atoms with Crippen LogP contribution in [0.25, 0.3) is 0 Å². The van der Waals surface area contributed by atoms with Crippen molar-refractivity contribution in [2.75, 3.05) is 14.2 Å². The highest BCUT2D eigenvalue weighted by molar-refractivity contribution is 7.89. The number of carbonyl (C=O) groups excluding carboxylic acids is 1. The van der Waals surface area contributed by atoms with Crippen molar-refractivity contribution < 1.29 is 22.7 Å². The van der Waals surface area contributed by atoms with Gasteiger partial charge >= 0.3 is 0 Å². The summed E-state index contributed by atoms with van der Waals surface area (Å²) < 4.78 is 40.1. The number of sulfonamides is 1. The minimum Gasteiger partial charge on any atom is -0.497 e. The number of methoxy groups -OCH3 is 2. The molecule has 0 saturated heterocycles. The first-order valence-corrected chi connectivity index (χ1v) is 11.4. The molecular weight excluding hydrogens is 430 g/mol. The first-order chi connectivity index (χ1) is 15.2. The summed E-state index contributed by atoms with van der Waals surface area (Å²) in [5, 5.41) is 4.08. The van der Waals surface area contributed by atoms with E-state index in [1.54, 1.807) is 52.3 Å². The van der Waals surface area contributed by atoms with E-state index >= 15 is 0 Å². The van der Waals surface area contributed by atoms with Gasteiger partial charge in [0.15, 0.2) is 5.03 Å². The first kappa shape index (κ1) is 23.5. The van der Waals surface area contributed by atoms with Crippen LogP contribution in [0.1, 0.15) is 25.0 Å². The first-order valence-electron chi connectivity index (χ1n) is 9.98. The largest absolute Gasteiger partial charge is 0.497 e. The van der Waals surface area contributed by atoms with E-state index in [9.17, 15) is 13.2 Å². The number of ether oxygens (including phenoxy) is 2. The summed E-state index contributed by atoms with van der Waals surface area (Å²) in [4.78, 5) is 11.4. The molecule has 9 heteroatoms. The molecule has 3 rings (SSSR count). The Kier molecular flexibility index (Phi) is 7.00. The number of carbonyl (C=O) groups is 1. The van der Waals surface area contributed by atoms with Crippen molar-refractivity contribution in [3.05, 3.63) is 71.9 Å². The zero-order valence-corrected chi connectivity index (χ0v) is 19.4. The van der Waals surface area contributed by atoms with E-state index in [2.05, 4.69) is 5.10 Å². The Morgan fingerprint density at radius 1 is 0.906 bits per heavy atom. The van der Waals surface area contributed by atoms with Crippen LogP contribution in [0.5, 0.6) is 11.5 Å². The Morgan fingerprint density at radius 2 is 1.38 bits per heavy atom. The lowest BCUT2D eigenvalue weighted by atomic mass is 10.1. The molecule has 1 aromatic heterocycles. The summed E-state index contributed by atoms with van der Waals surface area (Å²) in [6.07, 6.45) is 2.23. The second kappa shape index (κ2) is 9.54. The van der Waals surface area contributed by atoms with Crippen LogP contribution in [-0.4, -0.2) is 43.0 Å². The molecule has 0 N–H and O–H groups in total. The Bertz CT molecular complexity index is 1100. The molecule has 0 spiro atoms. The zero-order valence-electron chi connectivity index (χ0n) is 18.6. The van der Waals surface area contributed by atoms with Crippen LogP contribution in [0.15, 0.2) is 65.8 Å². The molecule has 32 heavy (non-hydrogen) atoms. The predicted octanol–water partition coefficient (Wildman–Crippen LogP) is 3.23. The molecule has 0 amide bonds. The smallest absolute Gasteiger partial charge is 0.262 e. The molecule has 0 atom stereocenters. The van der Waals surface area contributed by atoms with Crippen LogP contribution in [-0.2, 0) is 33.4 Å². The van der Waals surface area contributed by atoms with E-state index in [1.807, 2.05) is 24.3 Å². The monoisotopic (exact) mass is 457 g/mol. The van der Waals surface area contributed by atoms with Gasteiger partial charge in [0.2, 0.25) is 0 Å². The van der Waals surface area contributed by atoms with E-state index in [0.717, 1.165) is 17.4 Å². The summed E-state index contributed by atoms with van der Waals surface area (Å²) in [6.45, 7) is 3.61. The van der Waals surface area contributed by atoms with Gasteiger partial charge in [-0.2, -0.15) is 9.40 Å². The molecule has 170 valence electrons. The van der Waals surface area contributed by atoms with Gasteiger partial charge in [0.25, 0.3) is 10.0 Å². The van der Waals surface area contributed by atoms with Crippen molar-refractivity contribution in [3.8, 4) is 11.5 Å². The van der Waals surface area contributed by atoms with Crippen molar-refractivity contribution in [2.45, 2.75) is 37.5 Å². The van der Waals surface area contributed by atoms with Gasteiger partial charge in [0, 0.05) is 19.3 Å². The molecule has 0 aliphatic heterocycles. The molecule has 0 aliphatic carbocycles. The van der Waals surface area contributed by atoms with Crippen molar-refractivity contribution >= 4 is 16.3 Å². The summed E-state index contributed by atoms with van der Waals surface area (Å²) >= 11 is 0. The molecule has 0 unspecified atom stereocenters. The maximum absolute atomic E-state index is 13.5. The Morgan fingerprint density at radius 3 is 1.78 bits per heavy atom. The third-order valence-corrected chi connectivity index (χ3v) is 6.77. The lowest BCUT2D eigenvalue weighted by Gasteiger charge is -2.22. The minimum atomic E-state index is -3.95. The van der Waals surface area contributed by atoms with Crippen LogP contribution in [0.2, 0.25) is 0 Å². The van der Waals surface area contributed by atoms with E-state index in [1.165, 1.54) is 21.3 Å². The summed E-state index contributed by atoms with van der Waals surface area (Å²) in [6, 6.07) is 15.9. The average molecular weight is 458 g/mol. The Balaban J connectivity index is 1.96. The van der Waals surface area contributed by atoms with Crippen LogP contribution >= 0.6 is 0 Å². The van der Waals surface area contributed by atoms with Crippen molar-refractivity contribution in [2.24, 2.45) is 0 Å². The molecule has 2 aromatic carbocycles. The second-order valence-electron chi connectivity index (χ2n) is 7.84. The van der Waals surface area contributed by atoms with Gasteiger partial charge in [-0.1, -0.05) is 24.3 Å². The van der Waals surface area contributed by atoms with Gasteiger partial charge in [-0.3, -0.25) is 4.68 Å². The molecule has 0 aliphatic rings. The summed E-state index contributed by atoms with van der Waals surface area (Å²) in [5.41, 5.74) is 0.649. The van der Waals surface area contributed by atoms with Gasteiger partial charge in [-0.05, 0) is 55.3 Å². The third kappa shape index (κ3) is 5.17.